The van der Waals surface area contributed by atoms with Gasteiger partial charge in [0.15, 0.2) is 0 Å². The highest BCUT2D eigenvalue weighted by Gasteiger charge is 2.45. The number of hydrogen-bond acceptors (Lipinski definition) is 6. The predicted octanol–water partition coefficient (Wildman–Crippen LogP) is 0.967. The van der Waals surface area contributed by atoms with Crippen molar-refractivity contribution in [3.63, 3.8) is 0 Å². The van der Waals surface area contributed by atoms with Crippen molar-refractivity contribution in [1.29, 1.82) is 0 Å². The lowest BCUT2D eigenvalue weighted by Gasteiger charge is -2.21. The first-order valence-corrected chi connectivity index (χ1v) is 8.59. The van der Waals surface area contributed by atoms with Gasteiger partial charge in [0.25, 0.3) is 0 Å². The van der Waals surface area contributed by atoms with Crippen LogP contribution >= 0.6 is 0 Å². The number of nitrogens with zero attached hydrogens (tertiary/aromatic N) is 1. The van der Waals surface area contributed by atoms with Crippen molar-refractivity contribution >= 4 is 22.0 Å². The zero-order valence-electron chi connectivity index (χ0n) is 13.6. The van der Waals surface area contributed by atoms with Gasteiger partial charge in [-0.25, -0.2) is 13.2 Å². The van der Waals surface area contributed by atoms with Gasteiger partial charge in [0.05, 0.1) is 25.2 Å². The zero-order valence-corrected chi connectivity index (χ0v) is 14.4. The van der Waals surface area contributed by atoms with E-state index in [4.69, 9.17) is 4.74 Å². The van der Waals surface area contributed by atoms with Gasteiger partial charge in [-0.05, 0) is 31.5 Å². The summed E-state index contributed by atoms with van der Waals surface area (Å²) in [5.41, 5.74) is -0.961. The molecule has 1 atom stereocenters. The maximum absolute atomic E-state index is 12.8. The molecule has 0 radical (unpaired) electrons. The Morgan fingerprint density at radius 1 is 1.29 bits per heavy atom. The van der Waals surface area contributed by atoms with Crippen LogP contribution in [0.1, 0.15) is 23.7 Å². The third-order valence-electron chi connectivity index (χ3n) is 4.16. The summed E-state index contributed by atoms with van der Waals surface area (Å²) in [6.07, 6.45) is 0.226. The molecule has 1 fully saturated rings. The summed E-state index contributed by atoms with van der Waals surface area (Å²) in [5, 5.41) is 9.25. The number of carboxylic acids is 1. The largest absolute Gasteiger partial charge is 0.495 e. The number of rotatable bonds is 5. The van der Waals surface area contributed by atoms with E-state index in [1.165, 1.54) is 39.3 Å². The van der Waals surface area contributed by atoms with E-state index in [-0.39, 0.29) is 35.7 Å². The fourth-order valence-corrected chi connectivity index (χ4v) is 4.26. The molecule has 1 aliphatic rings. The standard InChI is InChI=1S/C15H19NO7S/c1-15(14(18)19)6-7-16(9-15)24(20,21)12-5-4-10(13(17)23-3)8-11(12)22-2/h4-5,8H,6-7,9H2,1-3H3,(H,18,19). The summed E-state index contributed by atoms with van der Waals surface area (Å²) < 4.78 is 36.4. The maximum atomic E-state index is 12.8. The second kappa shape index (κ2) is 6.40. The average Bonchev–Trinajstić information content (AvgIpc) is 2.98. The minimum Gasteiger partial charge on any atom is -0.495 e. The van der Waals surface area contributed by atoms with Gasteiger partial charge in [0.2, 0.25) is 10.0 Å². The molecule has 2 rings (SSSR count). The van der Waals surface area contributed by atoms with Crippen LogP contribution in [-0.2, 0) is 19.6 Å². The molecule has 1 aromatic rings. The molecular formula is C15H19NO7S. The molecule has 24 heavy (non-hydrogen) atoms. The van der Waals surface area contributed by atoms with E-state index in [0.717, 1.165) is 4.31 Å². The second-order valence-corrected chi connectivity index (χ2v) is 7.72. The fourth-order valence-electron chi connectivity index (χ4n) is 2.56. The number of esters is 1. The number of aliphatic carboxylic acids is 1. The van der Waals surface area contributed by atoms with Gasteiger partial charge in [-0.1, -0.05) is 0 Å². The monoisotopic (exact) mass is 357 g/mol. The molecule has 0 amide bonds. The molecule has 1 saturated heterocycles. The highest BCUT2D eigenvalue weighted by Crippen LogP contribution is 2.36. The molecule has 0 aromatic heterocycles. The Morgan fingerprint density at radius 3 is 2.46 bits per heavy atom. The summed E-state index contributed by atoms with van der Waals surface area (Å²) in [7, 11) is -1.43. The minimum absolute atomic E-state index is 0.00169. The summed E-state index contributed by atoms with van der Waals surface area (Å²) in [4.78, 5) is 22.7. The minimum atomic E-state index is -3.94. The van der Waals surface area contributed by atoms with Crippen LogP contribution < -0.4 is 4.74 Å². The van der Waals surface area contributed by atoms with Crippen LogP contribution in [0.2, 0.25) is 0 Å². The molecular weight excluding hydrogens is 338 g/mol. The number of hydrogen-bond donors (Lipinski definition) is 1. The van der Waals surface area contributed by atoms with E-state index < -0.39 is 27.4 Å². The summed E-state index contributed by atoms with van der Waals surface area (Å²) in [5.74, 6) is -1.65. The van der Waals surface area contributed by atoms with Crippen LogP contribution in [-0.4, -0.2) is 57.1 Å². The van der Waals surface area contributed by atoms with Crippen LogP contribution in [0, 0.1) is 5.41 Å². The molecule has 9 heteroatoms. The first kappa shape index (κ1) is 18.2. The first-order chi connectivity index (χ1) is 11.2. The lowest BCUT2D eigenvalue weighted by Crippen LogP contribution is -2.35. The fraction of sp³-hybridized carbons (Fsp3) is 0.467. The van der Waals surface area contributed by atoms with Gasteiger partial charge < -0.3 is 14.6 Å². The van der Waals surface area contributed by atoms with Crippen molar-refractivity contribution in [2.45, 2.75) is 18.2 Å². The number of ether oxygens (including phenoxy) is 2. The Morgan fingerprint density at radius 2 is 1.96 bits per heavy atom. The molecule has 1 aliphatic heterocycles. The van der Waals surface area contributed by atoms with E-state index in [9.17, 15) is 23.1 Å². The molecule has 1 aromatic carbocycles. The Bertz CT molecular complexity index is 774. The number of methoxy groups -OCH3 is 2. The Labute approximate surface area is 140 Å². The van der Waals surface area contributed by atoms with E-state index in [0.29, 0.717) is 0 Å². The predicted molar refractivity (Wildman–Crippen MR) is 83.5 cm³/mol. The molecule has 1 unspecified atom stereocenters. The molecule has 0 aliphatic carbocycles. The summed E-state index contributed by atoms with van der Waals surface area (Å²) >= 11 is 0. The molecule has 0 saturated carbocycles. The number of sulfonamides is 1. The van der Waals surface area contributed by atoms with Crippen LogP contribution in [0.15, 0.2) is 23.1 Å². The lowest BCUT2D eigenvalue weighted by atomic mass is 9.90. The topological polar surface area (TPSA) is 110 Å². The van der Waals surface area contributed by atoms with Crippen molar-refractivity contribution in [2.75, 3.05) is 27.3 Å². The Hall–Kier alpha value is -2.13. The van der Waals surface area contributed by atoms with E-state index in [2.05, 4.69) is 4.74 Å². The summed E-state index contributed by atoms with van der Waals surface area (Å²) in [6, 6.07) is 3.87. The Kier molecular flexibility index (Phi) is 4.86. The smallest absolute Gasteiger partial charge is 0.337 e. The van der Waals surface area contributed by atoms with E-state index in [1.54, 1.807) is 0 Å². The number of benzene rings is 1. The van der Waals surface area contributed by atoms with Crippen LogP contribution in [0.3, 0.4) is 0 Å². The van der Waals surface area contributed by atoms with Crippen LogP contribution in [0.25, 0.3) is 0 Å². The van der Waals surface area contributed by atoms with E-state index >= 15 is 0 Å². The molecule has 0 bridgehead atoms. The molecule has 8 nitrogen and oxygen atoms in total. The van der Waals surface area contributed by atoms with E-state index in [1.807, 2.05) is 0 Å². The molecule has 0 spiro atoms. The normalized spacial score (nSPS) is 21.5. The quantitative estimate of drug-likeness (QED) is 0.782. The van der Waals surface area contributed by atoms with Gasteiger partial charge >= 0.3 is 11.9 Å². The third-order valence-corrected chi connectivity index (χ3v) is 6.04. The number of carbonyl (C=O) groups excluding carboxylic acids is 1. The van der Waals surface area contributed by atoms with Crippen molar-refractivity contribution in [1.82, 2.24) is 4.31 Å². The van der Waals surface area contributed by atoms with Gasteiger partial charge in [-0.15, -0.1) is 0 Å². The second-order valence-electron chi connectivity index (χ2n) is 5.81. The van der Waals surface area contributed by atoms with Gasteiger partial charge in [0.1, 0.15) is 10.6 Å². The number of carboxylic acid groups (broad SMARTS) is 1. The first-order valence-electron chi connectivity index (χ1n) is 7.15. The van der Waals surface area contributed by atoms with Gasteiger partial charge in [-0.2, -0.15) is 4.31 Å². The number of carbonyl (C=O) groups is 2. The maximum Gasteiger partial charge on any atom is 0.337 e. The van der Waals surface area contributed by atoms with Gasteiger partial charge in [0, 0.05) is 13.1 Å². The zero-order chi connectivity index (χ0) is 18.1. The van der Waals surface area contributed by atoms with Crippen LogP contribution in [0.4, 0.5) is 0 Å². The van der Waals surface area contributed by atoms with Crippen molar-refractivity contribution in [3.8, 4) is 5.75 Å². The molecule has 1 N–H and O–H groups in total. The average molecular weight is 357 g/mol. The molecule has 1 heterocycles. The third kappa shape index (κ3) is 3.09. The highest BCUT2D eigenvalue weighted by molar-refractivity contribution is 7.89. The van der Waals surface area contributed by atoms with Crippen molar-refractivity contribution in [3.05, 3.63) is 23.8 Å². The van der Waals surface area contributed by atoms with Crippen molar-refractivity contribution < 1.29 is 32.6 Å². The SMILES string of the molecule is COC(=O)c1ccc(S(=O)(=O)N2CCC(C)(C(=O)O)C2)c(OC)c1. The van der Waals surface area contributed by atoms with Crippen molar-refractivity contribution in [2.24, 2.45) is 5.41 Å². The molecule has 132 valence electrons. The Balaban J connectivity index is 2.40. The lowest BCUT2D eigenvalue weighted by molar-refractivity contribution is -0.146. The highest BCUT2D eigenvalue weighted by atomic mass is 32.2. The summed E-state index contributed by atoms with van der Waals surface area (Å²) in [6.45, 7) is 1.50. The van der Waals surface area contributed by atoms with Gasteiger partial charge in [-0.3, -0.25) is 4.79 Å². The van der Waals surface area contributed by atoms with Crippen LogP contribution in [0.5, 0.6) is 5.75 Å².